The molecule has 0 N–H and O–H groups in total. The van der Waals surface area contributed by atoms with Gasteiger partial charge in [-0.2, -0.15) is 8.42 Å². The standard InChI is InChI=1S/C4H8O4S/c1-9(5,6)8-4-2-3-7-4/h4H,2-3H2,1H3/t4-/m0/s1. The van der Waals surface area contributed by atoms with Crippen molar-refractivity contribution in [2.24, 2.45) is 0 Å². The van der Waals surface area contributed by atoms with E-state index in [0.717, 1.165) is 6.26 Å². The molecule has 0 aliphatic carbocycles. The summed E-state index contributed by atoms with van der Waals surface area (Å²) < 4.78 is 29.8. The maximum Gasteiger partial charge on any atom is 0.266 e. The maximum atomic E-state index is 10.3. The van der Waals surface area contributed by atoms with E-state index in [1.54, 1.807) is 0 Å². The predicted octanol–water partition coefficient (Wildman–Crippen LogP) is -0.291. The lowest BCUT2D eigenvalue weighted by Crippen LogP contribution is -2.31. The van der Waals surface area contributed by atoms with Crippen LogP contribution in [0.15, 0.2) is 0 Å². The number of rotatable bonds is 2. The van der Waals surface area contributed by atoms with Gasteiger partial charge in [-0.05, 0) is 0 Å². The second-order valence-corrected chi connectivity index (χ2v) is 3.49. The zero-order valence-corrected chi connectivity index (χ0v) is 5.85. The Labute approximate surface area is 53.9 Å². The first-order valence-corrected chi connectivity index (χ1v) is 4.39. The van der Waals surface area contributed by atoms with Gasteiger partial charge in [0.25, 0.3) is 10.1 Å². The summed E-state index contributed by atoms with van der Waals surface area (Å²) in [5, 5.41) is 0. The average molecular weight is 152 g/mol. The Morgan fingerprint density at radius 2 is 2.22 bits per heavy atom. The Morgan fingerprint density at radius 3 is 2.33 bits per heavy atom. The summed E-state index contributed by atoms with van der Waals surface area (Å²) in [5.41, 5.74) is 0. The molecule has 0 aromatic rings. The number of ether oxygens (including phenoxy) is 1. The molecule has 1 aliphatic heterocycles. The van der Waals surface area contributed by atoms with Gasteiger partial charge in [-0.15, -0.1) is 0 Å². The van der Waals surface area contributed by atoms with Crippen molar-refractivity contribution in [2.45, 2.75) is 12.7 Å². The van der Waals surface area contributed by atoms with Crippen molar-refractivity contribution in [1.29, 1.82) is 0 Å². The van der Waals surface area contributed by atoms with Crippen LogP contribution in [0.1, 0.15) is 6.42 Å². The second kappa shape index (κ2) is 2.24. The molecule has 0 radical (unpaired) electrons. The molecule has 0 saturated carbocycles. The molecule has 1 heterocycles. The van der Waals surface area contributed by atoms with Gasteiger partial charge in [0, 0.05) is 6.42 Å². The molecule has 0 aromatic heterocycles. The van der Waals surface area contributed by atoms with Gasteiger partial charge in [0.05, 0.1) is 12.9 Å². The van der Waals surface area contributed by atoms with E-state index in [-0.39, 0.29) is 0 Å². The number of hydrogen-bond acceptors (Lipinski definition) is 4. The molecule has 1 atom stereocenters. The van der Waals surface area contributed by atoms with Gasteiger partial charge in [-0.3, -0.25) is 0 Å². The molecule has 1 aliphatic rings. The fraction of sp³-hybridized carbons (Fsp3) is 1.00. The van der Waals surface area contributed by atoms with Crippen molar-refractivity contribution < 1.29 is 17.3 Å². The van der Waals surface area contributed by atoms with E-state index in [2.05, 4.69) is 4.18 Å². The molecular weight excluding hydrogens is 144 g/mol. The molecule has 0 spiro atoms. The minimum absolute atomic E-state index is 0.514. The smallest absolute Gasteiger partial charge is 0.266 e. The van der Waals surface area contributed by atoms with E-state index in [0.29, 0.717) is 13.0 Å². The monoisotopic (exact) mass is 152 g/mol. The van der Waals surface area contributed by atoms with E-state index < -0.39 is 16.4 Å². The summed E-state index contributed by atoms with van der Waals surface area (Å²) in [5.74, 6) is 0. The fourth-order valence-electron chi connectivity index (χ4n) is 0.485. The van der Waals surface area contributed by atoms with Crippen LogP contribution in [0.4, 0.5) is 0 Å². The third-order valence-corrected chi connectivity index (χ3v) is 1.50. The van der Waals surface area contributed by atoms with Gasteiger partial charge in [-0.1, -0.05) is 0 Å². The van der Waals surface area contributed by atoms with Gasteiger partial charge >= 0.3 is 0 Å². The molecule has 0 bridgehead atoms. The molecule has 0 unspecified atom stereocenters. The lowest BCUT2D eigenvalue weighted by molar-refractivity contribution is -0.162. The van der Waals surface area contributed by atoms with Crippen LogP contribution in [0, 0.1) is 0 Å². The molecule has 54 valence electrons. The van der Waals surface area contributed by atoms with Crippen molar-refractivity contribution >= 4 is 10.1 Å². The van der Waals surface area contributed by atoms with Crippen LogP contribution >= 0.6 is 0 Å². The minimum Gasteiger partial charge on any atom is -0.351 e. The average Bonchev–Trinajstić information content (AvgIpc) is 1.53. The maximum absolute atomic E-state index is 10.3. The third-order valence-electron chi connectivity index (χ3n) is 0.939. The zero-order chi connectivity index (χ0) is 6.91. The lowest BCUT2D eigenvalue weighted by Gasteiger charge is -2.24. The highest BCUT2D eigenvalue weighted by Gasteiger charge is 2.22. The summed E-state index contributed by atoms with van der Waals surface area (Å²) >= 11 is 0. The number of hydrogen-bond donors (Lipinski definition) is 0. The first kappa shape index (κ1) is 6.98. The van der Waals surface area contributed by atoms with Crippen molar-refractivity contribution in [3.05, 3.63) is 0 Å². The molecule has 9 heavy (non-hydrogen) atoms. The van der Waals surface area contributed by atoms with Crippen LogP contribution in [0.2, 0.25) is 0 Å². The molecule has 1 saturated heterocycles. The van der Waals surface area contributed by atoms with Crippen LogP contribution < -0.4 is 0 Å². The third kappa shape index (κ3) is 2.30. The van der Waals surface area contributed by atoms with Crippen molar-refractivity contribution in [3.8, 4) is 0 Å². The molecule has 1 fully saturated rings. The van der Waals surface area contributed by atoms with Crippen LogP contribution in [-0.2, 0) is 19.0 Å². The Bertz CT molecular complexity index is 179. The van der Waals surface area contributed by atoms with Crippen LogP contribution in [0.3, 0.4) is 0 Å². The zero-order valence-electron chi connectivity index (χ0n) is 5.03. The molecule has 0 amide bonds. The van der Waals surface area contributed by atoms with E-state index in [4.69, 9.17) is 4.74 Å². The molecule has 0 aromatic carbocycles. The molecule has 1 rings (SSSR count). The molecular formula is C4H8O4S. The first-order valence-electron chi connectivity index (χ1n) is 2.58. The van der Waals surface area contributed by atoms with E-state index in [9.17, 15) is 8.42 Å². The first-order chi connectivity index (χ1) is 4.08. The SMILES string of the molecule is CS(=O)(=O)O[C@H]1CCO1. The lowest BCUT2D eigenvalue weighted by atomic mass is 10.4. The topological polar surface area (TPSA) is 52.6 Å². The summed E-state index contributed by atoms with van der Waals surface area (Å²) in [7, 11) is -3.31. The summed E-state index contributed by atoms with van der Waals surface area (Å²) in [6.07, 6.45) is 1.17. The highest BCUT2D eigenvalue weighted by Crippen LogP contribution is 2.13. The Morgan fingerprint density at radius 1 is 1.67 bits per heavy atom. The minimum atomic E-state index is -3.31. The Kier molecular flexibility index (Phi) is 1.74. The normalized spacial score (nSPS) is 27.4. The van der Waals surface area contributed by atoms with Crippen LogP contribution in [-0.4, -0.2) is 27.6 Å². The van der Waals surface area contributed by atoms with Gasteiger partial charge in [-0.25, -0.2) is 4.18 Å². The highest BCUT2D eigenvalue weighted by atomic mass is 32.2. The largest absolute Gasteiger partial charge is 0.351 e. The Balaban J connectivity index is 2.33. The van der Waals surface area contributed by atoms with Crippen molar-refractivity contribution in [3.63, 3.8) is 0 Å². The Hall–Kier alpha value is -0.130. The second-order valence-electron chi connectivity index (χ2n) is 1.89. The summed E-state index contributed by atoms with van der Waals surface area (Å²) in [4.78, 5) is 0. The van der Waals surface area contributed by atoms with Crippen molar-refractivity contribution in [1.82, 2.24) is 0 Å². The summed E-state index contributed by atoms with van der Waals surface area (Å²) in [6, 6.07) is 0. The van der Waals surface area contributed by atoms with Crippen LogP contribution in [0.5, 0.6) is 0 Å². The van der Waals surface area contributed by atoms with Gasteiger partial charge < -0.3 is 4.74 Å². The summed E-state index contributed by atoms with van der Waals surface area (Å²) in [6.45, 7) is 0.597. The quantitative estimate of drug-likeness (QED) is 0.510. The molecule has 5 heteroatoms. The van der Waals surface area contributed by atoms with Gasteiger partial charge in [0.2, 0.25) is 0 Å². The van der Waals surface area contributed by atoms with Gasteiger partial charge in [0.15, 0.2) is 6.29 Å². The fourth-order valence-corrected chi connectivity index (χ4v) is 1.03. The molecule has 4 nitrogen and oxygen atoms in total. The van der Waals surface area contributed by atoms with E-state index >= 15 is 0 Å². The predicted molar refractivity (Wildman–Crippen MR) is 30.3 cm³/mol. The van der Waals surface area contributed by atoms with Crippen LogP contribution in [0.25, 0.3) is 0 Å². The van der Waals surface area contributed by atoms with E-state index in [1.807, 2.05) is 0 Å². The van der Waals surface area contributed by atoms with Crippen molar-refractivity contribution in [2.75, 3.05) is 12.9 Å². The van der Waals surface area contributed by atoms with E-state index in [1.165, 1.54) is 0 Å². The van der Waals surface area contributed by atoms with Gasteiger partial charge in [0.1, 0.15) is 0 Å². The highest BCUT2D eigenvalue weighted by molar-refractivity contribution is 7.86.